The Bertz CT molecular complexity index is 680. The van der Waals surface area contributed by atoms with Crippen LogP contribution in [0.2, 0.25) is 0 Å². The molecule has 0 radical (unpaired) electrons. The lowest BCUT2D eigenvalue weighted by molar-refractivity contribution is 0.104. The fourth-order valence-electron chi connectivity index (χ4n) is 1.82. The zero-order chi connectivity index (χ0) is 15.2. The summed E-state index contributed by atoms with van der Waals surface area (Å²) >= 11 is 3.45. The second-order valence-corrected chi connectivity index (χ2v) is 5.39. The number of carbonyl (C=O) groups excluding carboxylic acids is 1. The van der Waals surface area contributed by atoms with Crippen LogP contribution in [0.1, 0.15) is 15.9 Å². The molecule has 1 N–H and O–H groups in total. The molecule has 4 heteroatoms. The van der Waals surface area contributed by atoms with Gasteiger partial charge in [0.05, 0.1) is 7.11 Å². The van der Waals surface area contributed by atoms with Gasteiger partial charge < -0.3 is 10.1 Å². The van der Waals surface area contributed by atoms with Crippen LogP contribution in [0.3, 0.4) is 0 Å². The maximum atomic E-state index is 12.0. The van der Waals surface area contributed by atoms with Crippen molar-refractivity contribution in [2.45, 2.75) is 6.92 Å². The van der Waals surface area contributed by atoms with Gasteiger partial charge in [-0.05, 0) is 42.8 Å². The van der Waals surface area contributed by atoms with Gasteiger partial charge in [0.2, 0.25) is 0 Å². The number of benzene rings is 2. The summed E-state index contributed by atoms with van der Waals surface area (Å²) in [5.74, 6) is 0.598. The number of hydrogen-bond donors (Lipinski definition) is 1. The first-order valence-corrected chi connectivity index (χ1v) is 7.27. The van der Waals surface area contributed by atoms with Crippen molar-refractivity contribution in [2.24, 2.45) is 0 Å². The third-order valence-electron chi connectivity index (χ3n) is 3.00. The van der Waals surface area contributed by atoms with Crippen LogP contribution in [0, 0.1) is 6.92 Å². The third-order valence-corrected chi connectivity index (χ3v) is 3.89. The molecule has 0 saturated carbocycles. The highest BCUT2D eigenvalue weighted by Gasteiger charge is 2.02. The topological polar surface area (TPSA) is 38.3 Å². The molecule has 108 valence electrons. The summed E-state index contributed by atoms with van der Waals surface area (Å²) in [6.07, 6.45) is 3.15. The van der Waals surface area contributed by atoms with Crippen LogP contribution in [0.4, 0.5) is 5.69 Å². The van der Waals surface area contributed by atoms with E-state index in [1.54, 1.807) is 31.5 Å². The molecule has 3 nitrogen and oxygen atoms in total. The SMILES string of the molecule is COc1cccc(C(=O)/C=C/Nc2ccc(Br)c(C)c2)c1. The Labute approximate surface area is 132 Å². The Morgan fingerprint density at radius 1 is 1.24 bits per heavy atom. The van der Waals surface area contributed by atoms with Gasteiger partial charge in [-0.1, -0.05) is 28.1 Å². The van der Waals surface area contributed by atoms with Gasteiger partial charge in [0.25, 0.3) is 0 Å². The summed E-state index contributed by atoms with van der Waals surface area (Å²) in [5, 5.41) is 3.09. The van der Waals surface area contributed by atoms with Crippen LogP contribution in [0.25, 0.3) is 0 Å². The molecule has 0 aliphatic rings. The smallest absolute Gasteiger partial charge is 0.187 e. The first-order valence-electron chi connectivity index (χ1n) is 6.48. The van der Waals surface area contributed by atoms with Crippen molar-refractivity contribution < 1.29 is 9.53 Å². The van der Waals surface area contributed by atoms with E-state index in [9.17, 15) is 4.79 Å². The van der Waals surface area contributed by atoms with Gasteiger partial charge in [-0.3, -0.25) is 4.79 Å². The van der Waals surface area contributed by atoms with Crippen molar-refractivity contribution in [1.82, 2.24) is 0 Å². The standard InChI is InChI=1S/C17H16BrNO2/c1-12-10-14(6-7-16(12)18)19-9-8-17(20)13-4-3-5-15(11-13)21-2/h3-11,19H,1-2H3/b9-8+. The van der Waals surface area contributed by atoms with Crippen LogP contribution in [-0.2, 0) is 0 Å². The maximum Gasteiger partial charge on any atom is 0.187 e. The molecular formula is C17H16BrNO2. The molecule has 2 rings (SSSR count). The Balaban J connectivity index is 2.03. The first kappa shape index (κ1) is 15.3. The lowest BCUT2D eigenvalue weighted by Gasteiger charge is -2.04. The van der Waals surface area contributed by atoms with E-state index >= 15 is 0 Å². The van der Waals surface area contributed by atoms with Gasteiger partial charge in [-0.15, -0.1) is 0 Å². The minimum Gasteiger partial charge on any atom is -0.497 e. The quantitative estimate of drug-likeness (QED) is 0.636. The molecule has 0 unspecified atom stereocenters. The normalized spacial score (nSPS) is 10.6. The number of ketones is 1. The number of nitrogens with one attached hydrogen (secondary N) is 1. The zero-order valence-electron chi connectivity index (χ0n) is 11.9. The molecule has 0 spiro atoms. The number of allylic oxidation sites excluding steroid dienone is 1. The molecule has 0 saturated heterocycles. The Morgan fingerprint density at radius 3 is 2.76 bits per heavy atom. The Hall–Kier alpha value is -2.07. The lowest BCUT2D eigenvalue weighted by Crippen LogP contribution is -1.97. The van der Waals surface area contributed by atoms with E-state index in [2.05, 4.69) is 21.2 Å². The summed E-state index contributed by atoms with van der Waals surface area (Å²) in [5.41, 5.74) is 2.66. The Morgan fingerprint density at radius 2 is 2.05 bits per heavy atom. The first-order chi connectivity index (χ1) is 10.1. The summed E-state index contributed by atoms with van der Waals surface area (Å²) in [4.78, 5) is 12.0. The lowest BCUT2D eigenvalue weighted by atomic mass is 10.1. The van der Waals surface area contributed by atoms with E-state index in [0.29, 0.717) is 11.3 Å². The third kappa shape index (κ3) is 4.20. The largest absolute Gasteiger partial charge is 0.497 e. The molecule has 0 amide bonds. The summed E-state index contributed by atoms with van der Waals surface area (Å²) in [6.45, 7) is 2.01. The Kier molecular flexibility index (Phi) is 5.17. The number of methoxy groups -OCH3 is 1. The molecular weight excluding hydrogens is 330 g/mol. The van der Waals surface area contributed by atoms with Crippen LogP contribution < -0.4 is 10.1 Å². The van der Waals surface area contributed by atoms with E-state index < -0.39 is 0 Å². The molecule has 0 atom stereocenters. The molecule has 0 fully saturated rings. The molecule has 2 aromatic rings. The van der Waals surface area contributed by atoms with Crippen LogP contribution in [-0.4, -0.2) is 12.9 Å². The van der Waals surface area contributed by atoms with Gasteiger partial charge >= 0.3 is 0 Å². The second-order valence-electron chi connectivity index (χ2n) is 4.54. The molecule has 21 heavy (non-hydrogen) atoms. The van der Waals surface area contributed by atoms with Crippen molar-refractivity contribution in [3.8, 4) is 5.75 Å². The molecule has 0 heterocycles. The fraction of sp³-hybridized carbons (Fsp3) is 0.118. The van der Waals surface area contributed by atoms with Crippen molar-refractivity contribution in [1.29, 1.82) is 0 Å². The van der Waals surface area contributed by atoms with Crippen LogP contribution in [0.15, 0.2) is 59.2 Å². The van der Waals surface area contributed by atoms with E-state index in [-0.39, 0.29) is 5.78 Å². The molecule has 0 aromatic heterocycles. The number of aryl methyl sites for hydroxylation is 1. The maximum absolute atomic E-state index is 12.0. The number of rotatable bonds is 5. The van der Waals surface area contributed by atoms with E-state index in [1.165, 1.54) is 6.08 Å². The van der Waals surface area contributed by atoms with Crippen molar-refractivity contribution in [2.75, 3.05) is 12.4 Å². The summed E-state index contributed by atoms with van der Waals surface area (Å²) in [7, 11) is 1.58. The van der Waals surface area contributed by atoms with Gasteiger partial charge in [0.15, 0.2) is 5.78 Å². The van der Waals surface area contributed by atoms with Crippen molar-refractivity contribution in [3.63, 3.8) is 0 Å². The number of carbonyl (C=O) groups is 1. The van der Waals surface area contributed by atoms with Gasteiger partial charge in [-0.2, -0.15) is 0 Å². The summed E-state index contributed by atoms with van der Waals surface area (Å²) < 4.78 is 6.17. The highest BCUT2D eigenvalue weighted by atomic mass is 79.9. The molecule has 0 aliphatic carbocycles. The zero-order valence-corrected chi connectivity index (χ0v) is 13.5. The van der Waals surface area contributed by atoms with Gasteiger partial charge in [0, 0.05) is 28.0 Å². The number of ether oxygens (including phenoxy) is 1. The average Bonchev–Trinajstić information content (AvgIpc) is 2.50. The number of halogens is 1. The van der Waals surface area contributed by atoms with Crippen LogP contribution in [0.5, 0.6) is 5.75 Å². The van der Waals surface area contributed by atoms with Crippen molar-refractivity contribution in [3.05, 3.63) is 70.3 Å². The minimum atomic E-state index is -0.0739. The molecule has 0 bridgehead atoms. The molecule has 2 aromatic carbocycles. The fourth-order valence-corrected chi connectivity index (χ4v) is 2.07. The second kappa shape index (κ2) is 7.09. The highest BCUT2D eigenvalue weighted by Crippen LogP contribution is 2.20. The van der Waals surface area contributed by atoms with E-state index in [0.717, 1.165) is 15.7 Å². The highest BCUT2D eigenvalue weighted by molar-refractivity contribution is 9.10. The predicted molar refractivity (Wildman–Crippen MR) is 89.0 cm³/mol. The van der Waals surface area contributed by atoms with Gasteiger partial charge in [0.1, 0.15) is 5.75 Å². The average molecular weight is 346 g/mol. The summed E-state index contributed by atoms with van der Waals surface area (Å²) in [6, 6.07) is 13.0. The van der Waals surface area contributed by atoms with Crippen molar-refractivity contribution >= 4 is 27.4 Å². The number of anilines is 1. The monoisotopic (exact) mass is 345 g/mol. The van der Waals surface area contributed by atoms with Gasteiger partial charge in [-0.25, -0.2) is 0 Å². The van der Waals surface area contributed by atoms with E-state index in [4.69, 9.17) is 4.74 Å². The van der Waals surface area contributed by atoms with Crippen LogP contribution >= 0.6 is 15.9 Å². The molecule has 0 aliphatic heterocycles. The van der Waals surface area contributed by atoms with E-state index in [1.807, 2.05) is 31.2 Å². The minimum absolute atomic E-state index is 0.0739. The predicted octanol–water partition coefficient (Wildman–Crippen LogP) is 4.57. The number of hydrogen-bond acceptors (Lipinski definition) is 3.